The van der Waals surface area contributed by atoms with Crippen molar-refractivity contribution in [3.8, 4) is 0 Å². The Hall–Kier alpha value is -2.15. The third-order valence-electron chi connectivity index (χ3n) is 4.78. The van der Waals surface area contributed by atoms with Crippen LogP contribution in [-0.4, -0.2) is 38.0 Å². The van der Waals surface area contributed by atoms with Gasteiger partial charge in [0.25, 0.3) is 0 Å². The van der Waals surface area contributed by atoms with Gasteiger partial charge in [-0.3, -0.25) is 9.59 Å². The number of unbranched alkanes of at least 4 members (excludes halogenated alkanes) is 5. The number of hydrogen-bond donors (Lipinski definition) is 2. The van der Waals surface area contributed by atoms with E-state index in [0.717, 1.165) is 56.9 Å². The molecule has 0 aromatic carbocycles. The summed E-state index contributed by atoms with van der Waals surface area (Å²) in [4.78, 5) is 29.7. The molecule has 0 aliphatic heterocycles. The summed E-state index contributed by atoms with van der Waals surface area (Å²) in [7, 11) is 1.60. The zero-order valence-electron chi connectivity index (χ0n) is 21.1. The van der Waals surface area contributed by atoms with Crippen molar-refractivity contribution in [2.24, 2.45) is 4.99 Å². The Bertz CT molecular complexity index is 639. The van der Waals surface area contributed by atoms with Crippen LogP contribution in [0.15, 0.2) is 28.2 Å². The van der Waals surface area contributed by atoms with Crippen LogP contribution in [0.3, 0.4) is 0 Å². The van der Waals surface area contributed by atoms with Crippen molar-refractivity contribution in [2.75, 3.05) is 20.3 Å². The zero-order valence-corrected chi connectivity index (χ0v) is 21.1. The van der Waals surface area contributed by atoms with Crippen LogP contribution >= 0.6 is 0 Å². The minimum Gasteiger partial charge on any atom is -0.478 e. The molecule has 0 radical (unpaired) electrons. The number of nitrogens with one attached hydrogen (secondary N) is 2. The Morgan fingerprint density at radius 1 is 0.844 bits per heavy atom. The molecule has 7 nitrogen and oxygen atoms in total. The molecule has 0 atom stereocenters. The minimum absolute atomic E-state index is 0.0889. The molecule has 2 N–H and O–H groups in total. The highest BCUT2D eigenvalue weighted by Gasteiger charge is 2.16. The molecule has 0 spiro atoms. The van der Waals surface area contributed by atoms with Crippen LogP contribution in [0.25, 0.3) is 0 Å². The van der Waals surface area contributed by atoms with E-state index in [2.05, 4.69) is 35.5 Å². The van der Waals surface area contributed by atoms with Gasteiger partial charge in [0.15, 0.2) is 11.7 Å². The molecule has 0 aliphatic rings. The highest BCUT2D eigenvalue weighted by atomic mass is 16.5. The molecule has 0 aromatic heterocycles. The number of methoxy groups -OCH3 is 1. The summed E-state index contributed by atoms with van der Waals surface area (Å²) >= 11 is 0. The van der Waals surface area contributed by atoms with E-state index in [0.29, 0.717) is 43.5 Å². The fourth-order valence-corrected chi connectivity index (χ4v) is 2.86. The first-order chi connectivity index (χ1) is 15.4. The quantitative estimate of drug-likeness (QED) is 0.135. The van der Waals surface area contributed by atoms with Crippen molar-refractivity contribution in [3.05, 3.63) is 23.2 Å². The number of amides is 2. The van der Waals surface area contributed by atoms with Crippen LogP contribution in [0.2, 0.25) is 0 Å². The van der Waals surface area contributed by atoms with E-state index in [1.54, 1.807) is 14.0 Å². The first-order valence-corrected chi connectivity index (χ1v) is 12.1. The van der Waals surface area contributed by atoms with Crippen molar-refractivity contribution in [2.45, 2.75) is 98.8 Å². The number of carbonyl (C=O) groups is 2. The molecule has 0 heterocycles. The van der Waals surface area contributed by atoms with E-state index in [4.69, 9.17) is 9.47 Å². The van der Waals surface area contributed by atoms with E-state index in [1.165, 1.54) is 0 Å². The van der Waals surface area contributed by atoms with E-state index in [1.807, 2.05) is 13.8 Å². The van der Waals surface area contributed by atoms with Gasteiger partial charge in [-0.15, -0.1) is 0 Å². The average Bonchev–Trinajstić information content (AvgIpc) is 2.77. The number of ether oxygens (including phenoxy) is 2. The Morgan fingerprint density at radius 3 is 2.12 bits per heavy atom. The summed E-state index contributed by atoms with van der Waals surface area (Å²) < 4.78 is 10.6. The molecule has 0 saturated carbocycles. The molecule has 0 unspecified atom stereocenters. The van der Waals surface area contributed by atoms with Crippen LogP contribution in [0.5, 0.6) is 0 Å². The maximum absolute atomic E-state index is 12.6. The van der Waals surface area contributed by atoms with E-state index in [9.17, 15) is 9.59 Å². The molecule has 0 aromatic rings. The van der Waals surface area contributed by atoms with Crippen LogP contribution in [0.1, 0.15) is 98.8 Å². The van der Waals surface area contributed by atoms with Crippen molar-refractivity contribution in [1.29, 1.82) is 0 Å². The van der Waals surface area contributed by atoms with E-state index >= 15 is 0 Å². The molecule has 2 amide bonds. The topological polar surface area (TPSA) is 89.0 Å². The largest absolute Gasteiger partial charge is 0.478 e. The first-order valence-electron chi connectivity index (χ1n) is 12.1. The Kier molecular flexibility index (Phi) is 18.2. The van der Waals surface area contributed by atoms with Crippen LogP contribution in [0.4, 0.5) is 0 Å². The number of carbonyl (C=O) groups excluding carboxylic acids is 2. The highest BCUT2D eigenvalue weighted by molar-refractivity contribution is 5.82. The van der Waals surface area contributed by atoms with E-state index < -0.39 is 0 Å². The second kappa shape index (κ2) is 19.5. The SMILES string of the molecule is CCC/C=C(C)/C(NC(=O)CCCC)=C(\N=C(/C)OCCOC)NC(=O)CCCCCC. The first kappa shape index (κ1) is 29.9. The van der Waals surface area contributed by atoms with Gasteiger partial charge < -0.3 is 20.1 Å². The third kappa shape index (κ3) is 14.8. The van der Waals surface area contributed by atoms with Gasteiger partial charge in [-0.05, 0) is 31.8 Å². The van der Waals surface area contributed by atoms with Gasteiger partial charge in [-0.2, -0.15) is 4.99 Å². The molecular formula is C25H45N3O4. The molecule has 0 saturated heterocycles. The normalized spacial score (nSPS) is 12.9. The number of allylic oxidation sites excluding steroid dienone is 2. The third-order valence-corrected chi connectivity index (χ3v) is 4.78. The monoisotopic (exact) mass is 451 g/mol. The van der Waals surface area contributed by atoms with Gasteiger partial charge in [-0.1, -0.05) is 59.0 Å². The fourth-order valence-electron chi connectivity index (χ4n) is 2.86. The molecule has 0 fully saturated rings. The van der Waals surface area contributed by atoms with Crippen LogP contribution < -0.4 is 10.6 Å². The van der Waals surface area contributed by atoms with Gasteiger partial charge in [0, 0.05) is 26.9 Å². The maximum atomic E-state index is 12.6. The lowest BCUT2D eigenvalue weighted by Crippen LogP contribution is -2.31. The Labute approximate surface area is 195 Å². The van der Waals surface area contributed by atoms with Crippen molar-refractivity contribution in [3.63, 3.8) is 0 Å². The lowest BCUT2D eigenvalue weighted by atomic mass is 10.1. The summed E-state index contributed by atoms with van der Waals surface area (Å²) in [6.07, 6.45) is 10.5. The molecule has 0 aliphatic carbocycles. The second-order valence-electron chi connectivity index (χ2n) is 7.88. The van der Waals surface area contributed by atoms with Gasteiger partial charge in [0.05, 0.1) is 12.3 Å². The van der Waals surface area contributed by atoms with Crippen molar-refractivity contribution < 1.29 is 19.1 Å². The minimum atomic E-state index is -0.117. The summed E-state index contributed by atoms with van der Waals surface area (Å²) in [6.45, 7) is 10.7. The zero-order chi connectivity index (χ0) is 24.2. The average molecular weight is 452 g/mol. The summed E-state index contributed by atoms with van der Waals surface area (Å²) in [5.74, 6) is 0.504. The van der Waals surface area contributed by atoms with Gasteiger partial charge >= 0.3 is 0 Å². The molecule has 0 rings (SSSR count). The number of nitrogens with zero attached hydrogens (tertiary/aromatic N) is 1. The van der Waals surface area contributed by atoms with E-state index in [-0.39, 0.29) is 11.8 Å². The molecular weight excluding hydrogens is 406 g/mol. The second-order valence-corrected chi connectivity index (χ2v) is 7.88. The molecule has 7 heteroatoms. The predicted octanol–water partition coefficient (Wildman–Crippen LogP) is 5.38. The highest BCUT2D eigenvalue weighted by Crippen LogP contribution is 2.15. The Morgan fingerprint density at radius 2 is 1.50 bits per heavy atom. The van der Waals surface area contributed by atoms with Gasteiger partial charge in [0.2, 0.25) is 11.8 Å². The molecule has 184 valence electrons. The number of hydrogen-bond acceptors (Lipinski definition) is 5. The summed E-state index contributed by atoms with van der Waals surface area (Å²) in [5.41, 5.74) is 1.39. The van der Waals surface area contributed by atoms with Gasteiger partial charge in [-0.25, -0.2) is 0 Å². The lowest BCUT2D eigenvalue weighted by Gasteiger charge is -2.17. The van der Waals surface area contributed by atoms with Crippen LogP contribution in [0, 0.1) is 0 Å². The maximum Gasteiger partial charge on any atom is 0.225 e. The van der Waals surface area contributed by atoms with Crippen molar-refractivity contribution in [1.82, 2.24) is 10.6 Å². The lowest BCUT2D eigenvalue weighted by molar-refractivity contribution is -0.121. The fraction of sp³-hybridized carbons (Fsp3) is 0.720. The Balaban J connectivity index is 5.90. The molecule has 32 heavy (non-hydrogen) atoms. The van der Waals surface area contributed by atoms with Crippen LogP contribution in [-0.2, 0) is 19.1 Å². The summed E-state index contributed by atoms with van der Waals surface area (Å²) in [5, 5.41) is 5.91. The van der Waals surface area contributed by atoms with Crippen molar-refractivity contribution >= 4 is 17.7 Å². The smallest absolute Gasteiger partial charge is 0.225 e. The predicted molar refractivity (Wildman–Crippen MR) is 131 cm³/mol. The van der Waals surface area contributed by atoms with Gasteiger partial charge in [0.1, 0.15) is 6.61 Å². The standard InChI is InChI=1S/C25H45N3O4/c1-7-10-13-14-17-23(30)28-25(26-21(5)32-19-18-31-6)24(20(4)15-11-8-2)27-22(29)16-12-9-3/h15H,7-14,16-19H2,1-6H3,(H,27,29)(H,28,30)/b20-15+,25-24-,26-21+. The molecule has 0 bridgehead atoms. The summed E-state index contributed by atoms with van der Waals surface area (Å²) in [6, 6.07) is 0. The number of aliphatic imine (C=N–C) groups is 1. The number of rotatable bonds is 17.